The Labute approximate surface area is 120 Å². The molecule has 19 heavy (non-hydrogen) atoms. The molecule has 0 saturated carbocycles. The van der Waals surface area contributed by atoms with Crippen LogP contribution in [-0.4, -0.2) is 36.2 Å². The van der Waals surface area contributed by atoms with Crippen LogP contribution in [0.3, 0.4) is 0 Å². The minimum atomic E-state index is 0.354. The van der Waals surface area contributed by atoms with Crippen molar-refractivity contribution >= 4 is 0 Å². The van der Waals surface area contributed by atoms with Crippen LogP contribution in [0.5, 0.6) is 0 Å². The van der Waals surface area contributed by atoms with E-state index in [1.165, 1.54) is 64.6 Å². The van der Waals surface area contributed by atoms with Crippen molar-refractivity contribution in [2.24, 2.45) is 11.8 Å². The number of aliphatic hydroxyl groups excluding tert-OH is 1. The summed E-state index contributed by atoms with van der Waals surface area (Å²) in [5.74, 6) is 1.87. The number of nitrogens with zero attached hydrogens (tertiary/aromatic N) is 1. The number of hydrogen-bond acceptors (Lipinski definition) is 2. The highest BCUT2D eigenvalue weighted by molar-refractivity contribution is 4.72. The van der Waals surface area contributed by atoms with E-state index in [4.69, 9.17) is 5.11 Å². The molecule has 0 atom stereocenters. The maximum Gasteiger partial charge on any atom is 0.0431 e. The van der Waals surface area contributed by atoms with Gasteiger partial charge in [0.15, 0.2) is 0 Å². The molecule has 114 valence electrons. The van der Waals surface area contributed by atoms with Crippen molar-refractivity contribution in [1.82, 2.24) is 4.90 Å². The smallest absolute Gasteiger partial charge is 0.0431 e. The van der Waals surface area contributed by atoms with E-state index in [2.05, 4.69) is 18.7 Å². The fraction of sp³-hybridized carbons (Fsp3) is 1.00. The molecular weight excluding hydrogens is 234 g/mol. The lowest BCUT2D eigenvalue weighted by Gasteiger charge is -2.32. The highest BCUT2D eigenvalue weighted by Gasteiger charge is 2.18. The van der Waals surface area contributed by atoms with Gasteiger partial charge < -0.3 is 10.0 Å². The third-order valence-corrected chi connectivity index (χ3v) is 4.48. The Morgan fingerprint density at radius 1 is 1.00 bits per heavy atom. The standard InChI is InChI=1S/C17H35NO/c1-16(2)8-4-3-5-9-17-10-13-18(14-11-17)12-6-7-15-19/h16-17,19H,3-15H2,1-2H3. The fourth-order valence-electron chi connectivity index (χ4n) is 3.11. The van der Waals surface area contributed by atoms with Crippen molar-refractivity contribution in [1.29, 1.82) is 0 Å². The topological polar surface area (TPSA) is 23.5 Å². The minimum absolute atomic E-state index is 0.354. The molecule has 1 aliphatic heterocycles. The number of likely N-dealkylation sites (tertiary alicyclic amines) is 1. The SMILES string of the molecule is CC(C)CCCCCC1CCN(CCCCO)CC1. The molecule has 1 aliphatic rings. The van der Waals surface area contributed by atoms with E-state index in [1.54, 1.807) is 0 Å². The zero-order chi connectivity index (χ0) is 13.9. The number of unbranched alkanes of at least 4 members (excludes halogenated alkanes) is 3. The van der Waals surface area contributed by atoms with Crippen LogP contribution in [0.4, 0.5) is 0 Å². The third kappa shape index (κ3) is 8.65. The van der Waals surface area contributed by atoms with Crippen molar-refractivity contribution in [2.45, 2.75) is 71.6 Å². The summed E-state index contributed by atoms with van der Waals surface area (Å²) in [5, 5.41) is 8.79. The van der Waals surface area contributed by atoms with Crippen molar-refractivity contribution in [3.05, 3.63) is 0 Å². The van der Waals surface area contributed by atoms with Crippen LogP contribution >= 0.6 is 0 Å². The largest absolute Gasteiger partial charge is 0.396 e. The van der Waals surface area contributed by atoms with Gasteiger partial charge in [0.2, 0.25) is 0 Å². The molecule has 0 aliphatic carbocycles. The molecule has 0 unspecified atom stereocenters. The van der Waals surface area contributed by atoms with E-state index in [0.29, 0.717) is 6.61 Å². The number of rotatable bonds is 10. The van der Waals surface area contributed by atoms with Gasteiger partial charge in [0, 0.05) is 6.61 Å². The van der Waals surface area contributed by atoms with Crippen LogP contribution in [0.1, 0.15) is 71.6 Å². The highest BCUT2D eigenvalue weighted by atomic mass is 16.2. The van der Waals surface area contributed by atoms with Crippen LogP contribution in [0.25, 0.3) is 0 Å². The van der Waals surface area contributed by atoms with Crippen molar-refractivity contribution in [3.63, 3.8) is 0 Å². The van der Waals surface area contributed by atoms with Crippen LogP contribution in [-0.2, 0) is 0 Å². The molecule has 0 amide bonds. The first-order valence-electron chi connectivity index (χ1n) is 8.55. The second-order valence-electron chi connectivity index (χ2n) is 6.75. The van der Waals surface area contributed by atoms with E-state index in [-0.39, 0.29) is 0 Å². The van der Waals surface area contributed by atoms with E-state index in [1.807, 2.05) is 0 Å². The molecule has 0 spiro atoms. The molecule has 1 N–H and O–H groups in total. The van der Waals surface area contributed by atoms with Crippen LogP contribution < -0.4 is 0 Å². The number of piperidine rings is 1. The van der Waals surface area contributed by atoms with Crippen LogP contribution in [0.2, 0.25) is 0 Å². The van der Waals surface area contributed by atoms with Gasteiger partial charge in [-0.15, -0.1) is 0 Å². The van der Waals surface area contributed by atoms with Crippen LogP contribution in [0, 0.1) is 11.8 Å². The van der Waals surface area contributed by atoms with Crippen LogP contribution in [0.15, 0.2) is 0 Å². The Balaban J connectivity index is 1.94. The molecular formula is C17H35NO. The highest BCUT2D eigenvalue weighted by Crippen LogP contribution is 2.23. The molecule has 1 heterocycles. The van der Waals surface area contributed by atoms with E-state index in [0.717, 1.165) is 24.7 Å². The molecule has 0 radical (unpaired) electrons. The lowest BCUT2D eigenvalue weighted by Crippen LogP contribution is -2.34. The van der Waals surface area contributed by atoms with Gasteiger partial charge in [-0.05, 0) is 57.2 Å². The Bertz CT molecular complexity index is 197. The van der Waals surface area contributed by atoms with Gasteiger partial charge >= 0.3 is 0 Å². The first-order valence-corrected chi connectivity index (χ1v) is 8.55. The van der Waals surface area contributed by atoms with Gasteiger partial charge in [-0.3, -0.25) is 0 Å². The summed E-state index contributed by atoms with van der Waals surface area (Å²) in [7, 11) is 0. The summed E-state index contributed by atoms with van der Waals surface area (Å²) in [6.07, 6.45) is 12.1. The molecule has 1 saturated heterocycles. The first kappa shape index (κ1) is 17.0. The summed E-state index contributed by atoms with van der Waals surface area (Å²) in [6.45, 7) is 8.79. The van der Waals surface area contributed by atoms with Crippen molar-refractivity contribution < 1.29 is 5.11 Å². The summed E-state index contributed by atoms with van der Waals surface area (Å²) in [5.41, 5.74) is 0. The molecule has 0 aromatic rings. The predicted molar refractivity (Wildman–Crippen MR) is 83.4 cm³/mol. The Morgan fingerprint density at radius 3 is 2.37 bits per heavy atom. The average Bonchev–Trinajstić information content (AvgIpc) is 2.40. The summed E-state index contributed by atoms with van der Waals surface area (Å²) in [4.78, 5) is 2.59. The summed E-state index contributed by atoms with van der Waals surface area (Å²) in [6, 6.07) is 0. The lowest BCUT2D eigenvalue weighted by molar-refractivity contribution is 0.169. The van der Waals surface area contributed by atoms with E-state index >= 15 is 0 Å². The van der Waals surface area contributed by atoms with Gasteiger partial charge in [-0.2, -0.15) is 0 Å². The monoisotopic (exact) mass is 269 g/mol. The minimum Gasteiger partial charge on any atom is -0.396 e. The van der Waals surface area contributed by atoms with Gasteiger partial charge in [-0.25, -0.2) is 0 Å². The molecule has 0 aromatic carbocycles. The first-order chi connectivity index (χ1) is 9.22. The molecule has 0 aromatic heterocycles. The Morgan fingerprint density at radius 2 is 1.74 bits per heavy atom. The molecule has 1 rings (SSSR count). The Hall–Kier alpha value is -0.0800. The summed E-state index contributed by atoms with van der Waals surface area (Å²) >= 11 is 0. The quantitative estimate of drug-likeness (QED) is 0.604. The summed E-state index contributed by atoms with van der Waals surface area (Å²) < 4.78 is 0. The van der Waals surface area contributed by atoms with Gasteiger partial charge in [0.25, 0.3) is 0 Å². The fourth-order valence-corrected chi connectivity index (χ4v) is 3.11. The van der Waals surface area contributed by atoms with Crippen molar-refractivity contribution in [3.8, 4) is 0 Å². The molecule has 1 fully saturated rings. The van der Waals surface area contributed by atoms with E-state index < -0.39 is 0 Å². The van der Waals surface area contributed by atoms with Gasteiger partial charge in [0.05, 0.1) is 0 Å². The van der Waals surface area contributed by atoms with Crippen molar-refractivity contribution in [2.75, 3.05) is 26.2 Å². The van der Waals surface area contributed by atoms with E-state index in [9.17, 15) is 0 Å². The second-order valence-corrected chi connectivity index (χ2v) is 6.75. The third-order valence-electron chi connectivity index (χ3n) is 4.48. The normalized spacial score (nSPS) is 18.3. The zero-order valence-corrected chi connectivity index (χ0v) is 13.2. The van der Waals surface area contributed by atoms with Gasteiger partial charge in [0.1, 0.15) is 0 Å². The number of aliphatic hydroxyl groups is 1. The maximum atomic E-state index is 8.79. The molecule has 2 nitrogen and oxygen atoms in total. The Kier molecular flexibility index (Phi) is 9.54. The number of hydrogen-bond donors (Lipinski definition) is 1. The second kappa shape index (κ2) is 10.7. The van der Waals surface area contributed by atoms with Gasteiger partial charge in [-0.1, -0.05) is 46.0 Å². The molecule has 2 heteroatoms. The lowest BCUT2D eigenvalue weighted by atomic mass is 9.90. The maximum absolute atomic E-state index is 8.79. The molecule has 0 bridgehead atoms. The predicted octanol–water partition coefficient (Wildman–Crippen LogP) is 4.08. The zero-order valence-electron chi connectivity index (χ0n) is 13.2. The average molecular weight is 269 g/mol.